The fourth-order valence-electron chi connectivity index (χ4n) is 8.03. The SMILES string of the molecule is CC(C)[C@@H]1NC(=O)[C@H](Cc2ccccc2)NC(=O)CNC(=O)[C@H](Cc2ccc(O)cc2)NC(=O)[C@@H](C)NC(=O)[C@H](CCC(=O)O)NC(=O)[C@H](CCC(N)=O)NC(=O)CNC(=O)[C@H](Cc2c[nH]c3ccccc23)NC1=O. The van der Waals surface area contributed by atoms with Crippen LogP contribution in [0, 0.1) is 5.92 Å². The van der Waals surface area contributed by atoms with E-state index >= 15 is 0 Å². The van der Waals surface area contributed by atoms with Crippen LogP contribution < -0.4 is 53.6 Å². The predicted octanol–water partition coefficient (Wildman–Crippen LogP) is -1.65. The van der Waals surface area contributed by atoms with Gasteiger partial charge in [0.1, 0.15) is 48.0 Å². The highest BCUT2D eigenvalue weighted by molar-refractivity contribution is 5.99. The summed E-state index contributed by atoms with van der Waals surface area (Å²) in [4.78, 5) is 152. The molecule has 1 fully saturated rings. The third-order valence-corrected chi connectivity index (χ3v) is 12.1. The van der Waals surface area contributed by atoms with Crippen LogP contribution in [0.1, 0.15) is 63.1 Å². The summed E-state index contributed by atoms with van der Waals surface area (Å²) in [5, 5.41) is 42.7. The molecule has 1 aliphatic rings. The van der Waals surface area contributed by atoms with Crippen molar-refractivity contribution in [3.05, 3.63) is 102 Å². The van der Waals surface area contributed by atoms with Crippen molar-refractivity contribution in [3.8, 4) is 5.75 Å². The van der Waals surface area contributed by atoms with Crippen LogP contribution in [0.5, 0.6) is 5.75 Å². The maximum Gasteiger partial charge on any atom is 0.303 e. The van der Waals surface area contributed by atoms with E-state index in [9.17, 15) is 63.0 Å². The quantitative estimate of drug-likeness (QED) is 0.0715. The summed E-state index contributed by atoms with van der Waals surface area (Å²) < 4.78 is 0. The molecular formula is C51H63N11O13. The lowest BCUT2D eigenvalue weighted by molar-refractivity contribution is -0.138. The fraction of sp³-hybridized carbons (Fsp3) is 0.392. The topological polar surface area (TPSA) is 378 Å². The average Bonchev–Trinajstić information content (AvgIpc) is 3.78. The number of carboxylic acid groups (broad SMARTS) is 1. The summed E-state index contributed by atoms with van der Waals surface area (Å²) in [5.74, 6) is -11.1. The Morgan fingerprint density at radius 2 is 1.05 bits per heavy atom. The van der Waals surface area contributed by atoms with Gasteiger partial charge in [0.05, 0.1) is 13.1 Å². The van der Waals surface area contributed by atoms with Gasteiger partial charge in [0.15, 0.2) is 0 Å². The van der Waals surface area contributed by atoms with Gasteiger partial charge in [-0.05, 0) is 60.6 Å². The molecule has 14 N–H and O–H groups in total. The molecule has 0 bridgehead atoms. The number of primary amides is 1. The van der Waals surface area contributed by atoms with Gasteiger partial charge >= 0.3 is 5.97 Å². The van der Waals surface area contributed by atoms with Crippen LogP contribution in [-0.2, 0) is 72.0 Å². The molecular weight excluding hydrogens is 975 g/mol. The molecule has 1 aliphatic heterocycles. The van der Waals surface area contributed by atoms with E-state index in [1.165, 1.54) is 31.2 Å². The number of benzene rings is 3. The number of amides is 10. The van der Waals surface area contributed by atoms with Gasteiger partial charge in [0.2, 0.25) is 59.1 Å². The number of fused-ring (bicyclic) bond motifs is 1. The van der Waals surface area contributed by atoms with Crippen LogP contribution in [-0.4, -0.2) is 136 Å². The summed E-state index contributed by atoms with van der Waals surface area (Å²) >= 11 is 0. The van der Waals surface area contributed by atoms with Crippen molar-refractivity contribution in [2.24, 2.45) is 11.7 Å². The molecule has 0 saturated carbocycles. The fourth-order valence-corrected chi connectivity index (χ4v) is 8.03. The molecule has 2 heterocycles. The molecule has 0 radical (unpaired) electrons. The van der Waals surface area contributed by atoms with E-state index in [0.717, 1.165) is 10.9 Å². The van der Waals surface area contributed by atoms with Gasteiger partial charge in [-0.3, -0.25) is 52.7 Å². The maximum atomic E-state index is 14.3. The van der Waals surface area contributed by atoms with E-state index in [1.807, 2.05) is 0 Å². The van der Waals surface area contributed by atoms with Crippen LogP contribution in [0.25, 0.3) is 10.9 Å². The first-order valence-corrected chi connectivity index (χ1v) is 24.2. The van der Waals surface area contributed by atoms with E-state index in [0.29, 0.717) is 16.7 Å². The number of para-hydroxylation sites is 1. The zero-order chi connectivity index (χ0) is 54.8. The van der Waals surface area contributed by atoms with Crippen molar-refractivity contribution in [2.75, 3.05) is 13.1 Å². The van der Waals surface area contributed by atoms with Gasteiger partial charge in [-0.25, -0.2) is 0 Å². The molecule has 75 heavy (non-hydrogen) atoms. The van der Waals surface area contributed by atoms with Crippen molar-refractivity contribution in [1.29, 1.82) is 0 Å². The summed E-state index contributed by atoms with van der Waals surface area (Å²) in [6.07, 6.45) is -0.782. The molecule has 1 saturated heterocycles. The molecule has 7 atom stereocenters. The minimum absolute atomic E-state index is 0.0722. The van der Waals surface area contributed by atoms with Crippen LogP contribution in [0.3, 0.4) is 0 Å². The monoisotopic (exact) mass is 1040 g/mol. The molecule has 1 aromatic heterocycles. The molecule has 24 heteroatoms. The first-order chi connectivity index (χ1) is 35.7. The zero-order valence-corrected chi connectivity index (χ0v) is 41.5. The second-order valence-corrected chi connectivity index (χ2v) is 18.4. The smallest absolute Gasteiger partial charge is 0.303 e. The van der Waals surface area contributed by atoms with Crippen LogP contribution in [0.15, 0.2) is 85.1 Å². The first kappa shape index (κ1) is 57.1. The number of hydrogen-bond donors (Lipinski definition) is 13. The van der Waals surface area contributed by atoms with E-state index in [-0.39, 0.29) is 25.0 Å². The highest BCUT2D eigenvalue weighted by atomic mass is 16.4. The number of aromatic nitrogens is 1. The zero-order valence-electron chi connectivity index (χ0n) is 41.5. The molecule has 0 spiro atoms. The van der Waals surface area contributed by atoms with Crippen LogP contribution in [0.4, 0.5) is 0 Å². The second-order valence-electron chi connectivity index (χ2n) is 18.4. The third kappa shape index (κ3) is 17.7. The predicted molar refractivity (Wildman–Crippen MR) is 269 cm³/mol. The maximum absolute atomic E-state index is 14.3. The highest BCUT2D eigenvalue weighted by Crippen LogP contribution is 2.20. The standard InChI is InChI=1S/C51H63N11O13/c1-27(2)44-51(75)61-39(23-31-24-53-34-12-8-7-11-33(31)34)47(71)55-25-41(65)57-35(17-19-40(52)64)49(73)59-36(18-20-43(67)68)48(72)56-28(3)45(69)60-37(22-30-13-15-32(63)16-14-30)46(70)54-26-42(66)58-38(50(74)62-44)21-29-9-5-4-6-10-29/h4-16,24,27-28,35-39,44,53,63H,17-23,25-26H2,1-3H3,(H2,52,64)(H,54,70)(H,55,71)(H,56,72)(H,57,65)(H,58,66)(H,59,73)(H,60,69)(H,61,75)(H,62,74)(H,67,68)/t28-,35+,36+,37+,38+,39+,44+/m1/s1. The minimum atomic E-state index is -1.65. The molecule has 10 amide bonds. The van der Waals surface area contributed by atoms with Gasteiger partial charge in [-0.15, -0.1) is 0 Å². The molecule has 24 nitrogen and oxygen atoms in total. The van der Waals surface area contributed by atoms with Gasteiger partial charge < -0.3 is 68.8 Å². The number of carboxylic acids is 1. The van der Waals surface area contributed by atoms with Gasteiger partial charge in [-0.2, -0.15) is 0 Å². The molecule has 3 aromatic carbocycles. The lowest BCUT2D eigenvalue weighted by Gasteiger charge is -2.27. The number of carbonyl (C=O) groups is 11. The van der Waals surface area contributed by atoms with Crippen molar-refractivity contribution in [3.63, 3.8) is 0 Å². The number of carbonyl (C=O) groups excluding carboxylic acids is 10. The molecule has 400 valence electrons. The Kier molecular flexibility index (Phi) is 20.8. The summed E-state index contributed by atoms with van der Waals surface area (Å²) in [6.45, 7) is 3.02. The van der Waals surface area contributed by atoms with Crippen molar-refractivity contribution >= 4 is 75.9 Å². The van der Waals surface area contributed by atoms with Crippen molar-refractivity contribution < 1.29 is 63.0 Å². The van der Waals surface area contributed by atoms with Crippen LogP contribution >= 0.6 is 0 Å². The second kappa shape index (κ2) is 27.3. The number of aliphatic carboxylic acids is 1. The summed E-state index contributed by atoms with van der Waals surface area (Å²) in [6, 6.07) is 11.3. The average molecular weight is 1040 g/mol. The molecule has 0 unspecified atom stereocenters. The Hall–Kier alpha value is -8.83. The number of aromatic hydroxyl groups is 1. The Labute approximate surface area is 430 Å². The first-order valence-electron chi connectivity index (χ1n) is 24.2. The number of nitrogens with two attached hydrogens (primary N) is 1. The van der Waals surface area contributed by atoms with E-state index < -0.39 is 152 Å². The van der Waals surface area contributed by atoms with Gasteiger partial charge in [0.25, 0.3) is 0 Å². The Bertz CT molecular complexity index is 2730. The normalized spacial score (nSPS) is 22.5. The van der Waals surface area contributed by atoms with E-state index in [1.54, 1.807) is 74.6 Å². The Morgan fingerprint density at radius 3 is 1.67 bits per heavy atom. The van der Waals surface area contributed by atoms with E-state index in [2.05, 4.69) is 52.8 Å². The number of aromatic amines is 1. The van der Waals surface area contributed by atoms with Gasteiger partial charge in [-0.1, -0.05) is 74.5 Å². The Balaban J connectivity index is 1.51. The van der Waals surface area contributed by atoms with Gasteiger partial charge in [0, 0.05) is 49.2 Å². The highest BCUT2D eigenvalue weighted by Gasteiger charge is 2.34. The van der Waals surface area contributed by atoms with Crippen molar-refractivity contribution in [2.45, 2.75) is 108 Å². The molecule has 0 aliphatic carbocycles. The number of nitrogens with one attached hydrogen (secondary N) is 10. The summed E-state index contributed by atoms with van der Waals surface area (Å²) in [5.41, 5.74) is 7.75. The lowest BCUT2D eigenvalue weighted by atomic mass is 9.99. The number of hydrogen-bond acceptors (Lipinski definition) is 12. The van der Waals surface area contributed by atoms with Crippen LogP contribution in [0.2, 0.25) is 0 Å². The minimum Gasteiger partial charge on any atom is -0.508 e. The number of H-pyrrole nitrogens is 1. The number of phenols is 1. The van der Waals surface area contributed by atoms with E-state index in [4.69, 9.17) is 5.73 Å². The Morgan fingerprint density at radius 1 is 0.560 bits per heavy atom. The number of rotatable bonds is 13. The van der Waals surface area contributed by atoms with Crippen molar-refractivity contribution in [1.82, 2.24) is 52.8 Å². The number of phenolic OH excluding ortho intramolecular Hbond substituents is 1. The molecule has 4 aromatic rings. The largest absolute Gasteiger partial charge is 0.508 e. The lowest BCUT2D eigenvalue weighted by Crippen LogP contribution is -2.59. The third-order valence-electron chi connectivity index (χ3n) is 12.1. The summed E-state index contributed by atoms with van der Waals surface area (Å²) in [7, 11) is 0. The molecule has 5 rings (SSSR count).